The molecule has 2 aromatic rings. The van der Waals surface area contributed by atoms with Gasteiger partial charge in [-0.25, -0.2) is 0 Å². The fourth-order valence-electron chi connectivity index (χ4n) is 4.20. The number of anilines is 1. The normalized spacial score (nSPS) is 25.3. The van der Waals surface area contributed by atoms with Crippen LogP contribution in [0.5, 0.6) is 0 Å². The molecule has 2 atom stereocenters. The van der Waals surface area contributed by atoms with Gasteiger partial charge in [-0.05, 0) is 41.7 Å². The van der Waals surface area contributed by atoms with Gasteiger partial charge in [0.15, 0.2) is 0 Å². The van der Waals surface area contributed by atoms with Gasteiger partial charge in [-0.15, -0.1) is 0 Å². The standard InChI is InChI=1S/C19H20N2O2/c1-19-10-3-2-7-18(19)20-17-9-8-14(12-16(17)19)13-5-4-6-15(11-13)21(22)23/h4-6,8-9,11-12,18,20H,2-3,7,10H2,1H3. The molecule has 0 amide bonds. The Balaban J connectivity index is 1.78. The number of benzene rings is 2. The monoisotopic (exact) mass is 308 g/mol. The van der Waals surface area contributed by atoms with E-state index in [1.54, 1.807) is 12.1 Å². The Morgan fingerprint density at radius 3 is 2.83 bits per heavy atom. The zero-order chi connectivity index (χ0) is 16.0. The summed E-state index contributed by atoms with van der Waals surface area (Å²) in [4.78, 5) is 10.7. The van der Waals surface area contributed by atoms with Crippen LogP contribution < -0.4 is 5.32 Å². The van der Waals surface area contributed by atoms with Gasteiger partial charge in [0.05, 0.1) is 4.92 Å². The first kappa shape index (κ1) is 14.2. The molecule has 4 rings (SSSR count). The molecule has 2 aliphatic rings. The van der Waals surface area contributed by atoms with Gasteiger partial charge in [0.1, 0.15) is 0 Å². The largest absolute Gasteiger partial charge is 0.381 e. The number of nitro benzene ring substituents is 1. The Morgan fingerprint density at radius 1 is 1.17 bits per heavy atom. The minimum atomic E-state index is -0.336. The molecule has 1 saturated carbocycles. The maximum Gasteiger partial charge on any atom is 0.270 e. The minimum absolute atomic E-state index is 0.142. The topological polar surface area (TPSA) is 55.2 Å². The van der Waals surface area contributed by atoms with Crippen LogP contribution in [-0.2, 0) is 5.41 Å². The molecule has 1 N–H and O–H groups in total. The highest BCUT2D eigenvalue weighted by molar-refractivity contribution is 5.73. The maximum atomic E-state index is 11.0. The van der Waals surface area contributed by atoms with Crippen LogP contribution in [0, 0.1) is 10.1 Å². The lowest BCUT2D eigenvalue weighted by Crippen LogP contribution is -2.38. The van der Waals surface area contributed by atoms with Crippen LogP contribution in [0.1, 0.15) is 38.2 Å². The van der Waals surface area contributed by atoms with Crippen molar-refractivity contribution in [1.82, 2.24) is 0 Å². The lowest BCUT2D eigenvalue weighted by atomic mass is 9.69. The molecule has 0 spiro atoms. The third-order valence-corrected chi connectivity index (χ3v) is 5.56. The summed E-state index contributed by atoms with van der Waals surface area (Å²) in [5, 5.41) is 14.7. The molecule has 0 saturated heterocycles. The van der Waals surface area contributed by atoms with Crippen molar-refractivity contribution in [2.24, 2.45) is 0 Å². The number of nitrogens with zero attached hydrogens (tertiary/aromatic N) is 1. The molecule has 2 unspecified atom stereocenters. The molecule has 4 nitrogen and oxygen atoms in total. The number of rotatable bonds is 2. The van der Waals surface area contributed by atoms with Gasteiger partial charge in [0, 0.05) is 29.3 Å². The first-order valence-electron chi connectivity index (χ1n) is 8.24. The SMILES string of the molecule is CC12CCCCC1Nc1ccc(-c3cccc([N+](=O)[O-])c3)cc12. The Bertz CT molecular complexity index is 787. The van der Waals surface area contributed by atoms with Crippen LogP contribution in [0.25, 0.3) is 11.1 Å². The predicted octanol–water partition coefficient (Wildman–Crippen LogP) is 4.89. The third kappa shape index (κ3) is 2.21. The summed E-state index contributed by atoms with van der Waals surface area (Å²) >= 11 is 0. The first-order valence-corrected chi connectivity index (χ1v) is 8.24. The summed E-state index contributed by atoms with van der Waals surface area (Å²) in [5.74, 6) is 0. The van der Waals surface area contributed by atoms with Gasteiger partial charge >= 0.3 is 0 Å². The summed E-state index contributed by atoms with van der Waals surface area (Å²) in [6.45, 7) is 2.35. The lowest BCUT2D eigenvalue weighted by Gasteiger charge is -2.36. The van der Waals surface area contributed by atoms with Gasteiger partial charge in [-0.3, -0.25) is 10.1 Å². The second kappa shape index (κ2) is 5.08. The van der Waals surface area contributed by atoms with Gasteiger partial charge < -0.3 is 5.32 Å². The molecule has 2 aromatic carbocycles. The zero-order valence-corrected chi connectivity index (χ0v) is 13.2. The highest BCUT2D eigenvalue weighted by Gasteiger charge is 2.44. The Kier molecular flexibility index (Phi) is 3.15. The molecule has 0 bridgehead atoms. The second-order valence-electron chi connectivity index (χ2n) is 6.93. The molecule has 4 heteroatoms. The summed E-state index contributed by atoms with van der Waals surface area (Å²) in [5.41, 5.74) is 4.89. The molecule has 118 valence electrons. The molecule has 1 aliphatic carbocycles. The van der Waals surface area contributed by atoms with Crippen molar-refractivity contribution in [3.63, 3.8) is 0 Å². The van der Waals surface area contributed by atoms with Crippen LogP contribution in [0.15, 0.2) is 42.5 Å². The van der Waals surface area contributed by atoms with Crippen molar-refractivity contribution in [2.45, 2.75) is 44.1 Å². The van der Waals surface area contributed by atoms with Crippen LogP contribution in [0.4, 0.5) is 11.4 Å². The van der Waals surface area contributed by atoms with Crippen molar-refractivity contribution in [3.8, 4) is 11.1 Å². The number of fused-ring (bicyclic) bond motifs is 3. The van der Waals surface area contributed by atoms with E-state index in [9.17, 15) is 10.1 Å². The number of hydrogen-bond donors (Lipinski definition) is 1. The Labute approximate surface area is 135 Å². The van der Waals surface area contributed by atoms with Crippen LogP contribution in [0.3, 0.4) is 0 Å². The highest BCUT2D eigenvalue weighted by Crippen LogP contribution is 2.49. The van der Waals surface area contributed by atoms with E-state index in [1.807, 2.05) is 6.07 Å². The average molecular weight is 308 g/mol. The molecule has 1 heterocycles. The first-order chi connectivity index (χ1) is 11.1. The van der Waals surface area contributed by atoms with Crippen molar-refractivity contribution >= 4 is 11.4 Å². The van der Waals surface area contributed by atoms with E-state index < -0.39 is 0 Å². The zero-order valence-electron chi connectivity index (χ0n) is 13.2. The minimum Gasteiger partial charge on any atom is -0.381 e. The van der Waals surface area contributed by atoms with E-state index in [0.29, 0.717) is 6.04 Å². The van der Waals surface area contributed by atoms with Crippen molar-refractivity contribution < 1.29 is 4.92 Å². The van der Waals surface area contributed by atoms with Crippen LogP contribution >= 0.6 is 0 Å². The Hall–Kier alpha value is -2.36. The summed E-state index contributed by atoms with van der Waals surface area (Å²) in [6.07, 6.45) is 4.99. The molecular formula is C19H20N2O2. The third-order valence-electron chi connectivity index (χ3n) is 5.56. The number of nitrogens with one attached hydrogen (secondary N) is 1. The highest BCUT2D eigenvalue weighted by atomic mass is 16.6. The quantitative estimate of drug-likeness (QED) is 0.635. The fraction of sp³-hybridized carbons (Fsp3) is 0.368. The predicted molar refractivity (Wildman–Crippen MR) is 91.8 cm³/mol. The smallest absolute Gasteiger partial charge is 0.270 e. The lowest BCUT2D eigenvalue weighted by molar-refractivity contribution is -0.384. The molecule has 1 aliphatic heterocycles. The molecular weight excluding hydrogens is 288 g/mol. The fourth-order valence-corrected chi connectivity index (χ4v) is 4.20. The van der Waals surface area contributed by atoms with E-state index in [4.69, 9.17) is 0 Å². The Morgan fingerprint density at radius 2 is 2.00 bits per heavy atom. The molecule has 0 radical (unpaired) electrons. The van der Waals surface area contributed by atoms with E-state index >= 15 is 0 Å². The van der Waals surface area contributed by atoms with Crippen LogP contribution in [0.2, 0.25) is 0 Å². The van der Waals surface area contributed by atoms with Gasteiger partial charge in [0.25, 0.3) is 5.69 Å². The summed E-state index contributed by atoms with van der Waals surface area (Å²) in [6, 6.07) is 13.8. The number of hydrogen-bond acceptors (Lipinski definition) is 3. The van der Waals surface area contributed by atoms with Gasteiger partial charge in [-0.1, -0.05) is 38.0 Å². The van der Waals surface area contributed by atoms with Crippen molar-refractivity contribution in [2.75, 3.05) is 5.32 Å². The van der Waals surface area contributed by atoms with Gasteiger partial charge in [0.2, 0.25) is 0 Å². The van der Waals surface area contributed by atoms with E-state index in [-0.39, 0.29) is 16.0 Å². The van der Waals surface area contributed by atoms with Crippen LogP contribution in [-0.4, -0.2) is 11.0 Å². The molecule has 0 aromatic heterocycles. The van der Waals surface area contributed by atoms with E-state index in [2.05, 4.69) is 30.4 Å². The number of non-ortho nitro benzene ring substituents is 1. The summed E-state index contributed by atoms with van der Waals surface area (Å²) < 4.78 is 0. The van der Waals surface area contributed by atoms with E-state index in [0.717, 1.165) is 11.1 Å². The molecule has 1 fully saturated rings. The van der Waals surface area contributed by atoms with Crippen molar-refractivity contribution in [3.05, 3.63) is 58.1 Å². The average Bonchev–Trinajstić information content (AvgIpc) is 2.87. The second-order valence-corrected chi connectivity index (χ2v) is 6.93. The number of nitro groups is 1. The molecule has 23 heavy (non-hydrogen) atoms. The van der Waals surface area contributed by atoms with Crippen molar-refractivity contribution in [1.29, 1.82) is 0 Å². The van der Waals surface area contributed by atoms with Gasteiger partial charge in [-0.2, -0.15) is 0 Å². The van der Waals surface area contributed by atoms with E-state index in [1.165, 1.54) is 43.0 Å². The summed E-state index contributed by atoms with van der Waals surface area (Å²) in [7, 11) is 0. The maximum absolute atomic E-state index is 11.0.